The van der Waals surface area contributed by atoms with Crippen LogP contribution in [0.15, 0.2) is 42.9 Å². The minimum absolute atomic E-state index is 0.571. The predicted molar refractivity (Wildman–Crippen MR) is 69.4 cm³/mol. The maximum atomic E-state index is 5.75. The van der Waals surface area contributed by atoms with Crippen molar-refractivity contribution in [1.82, 2.24) is 14.6 Å². The van der Waals surface area contributed by atoms with Crippen molar-refractivity contribution in [2.45, 2.75) is 0 Å². The molecule has 0 amide bonds. The minimum Gasteiger partial charge on any atom is -0.496 e. The van der Waals surface area contributed by atoms with E-state index in [4.69, 9.17) is 10.5 Å². The molecular formula is C13H12N4O. The maximum Gasteiger partial charge on any atom is 0.178 e. The van der Waals surface area contributed by atoms with Crippen LogP contribution in [0.1, 0.15) is 0 Å². The van der Waals surface area contributed by atoms with Gasteiger partial charge in [0.25, 0.3) is 0 Å². The van der Waals surface area contributed by atoms with Gasteiger partial charge in [0.1, 0.15) is 5.75 Å². The van der Waals surface area contributed by atoms with Crippen molar-refractivity contribution in [2.75, 3.05) is 12.8 Å². The summed E-state index contributed by atoms with van der Waals surface area (Å²) in [6, 6.07) is 7.78. The van der Waals surface area contributed by atoms with Crippen LogP contribution in [-0.4, -0.2) is 21.7 Å². The Morgan fingerprint density at radius 3 is 2.89 bits per heavy atom. The van der Waals surface area contributed by atoms with E-state index in [1.165, 1.54) is 0 Å². The van der Waals surface area contributed by atoms with Gasteiger partial charge in [0.15, 0.2) is 5.65 Å². The van der Waals surface area contributed by atoms with E-state index >= 15 is 0 Å². The number of para-hydroxylation sites is 1. The summed E-state index contributed by atoms with van der Waals surface area (Å²) in [6.45, 7) is 0. The zero-order valence-electron chi connectivity index (χ0n) is 9.87. The predicted octanol–water partition coefficient (Wildman–Crippen LogP) is 1.99. The highest BCUT2D eigenvalue weighted by Gasteiger charge is 2.08. The number of anilines is 1. The lowest BCUT2D eigenvalue weighted by Crippen LogP contribution is -1.94. The quantitative estimate of drug-likeness (QED) is 0.744. The third-order valence-electron chi connectivity index (χ3n) is 2.80. The molecule has 0 atom stereocenters. The van der Waals surface area contributed by atoms with Crippen LogP contribution in [0.5, 0.6) is 5.75 Å². The van der Waals surface area contributed by atoms with Crippen molar-refractivity contribution in [3.8, 4) is 16.9 Å². The zero-order chi connectivity index (χ0) is 12.5. The molecule has 2 heterocycles. The number of ether oxygens (including phenoxy) is 1. The molecule has 0 aliphatic rings. The summed E-state index contributed by atoms with van der Waals surface area (Å²) in [5.41, 5.74) is 8.89. The van der Waals surface area contributed by atoms with Gasteiger partial charge in [-0.2, -0.15) is 5.10 Å². The maximum absolute atomic E-state index is 5.75. The Morgan fingerprint density at radius 2 is 2.06 bits per heavy atom. The third-order valence-corrected chi connectivity index (χ3v) is 2.80. The van der Waals surface area contributed by atoms with E-state index in [1.807, 2.05) is 30.5 Å². The molecule has 0 bridgehead atoms. The summed E-state index contributed by atoms with van der Waals surface area (Å²) < 4.78 is 7.00. The monoisotopic (exact) mass is 240 g/mol. The van der Waals surface area contributed by atoms with Crippen LogP contribution in [0.4, 0.5) is 5.69 Å². The van der Waals surface area contributed by atoms with E-state index in [9.17, 15) is 0 Å². The summed E-state index contributed by atoms with van der Waals surface area (Å²) in [5.74, 6) is 0.804. The average Bonchev–Trinajstić information content (AvgIpc) is 2.80. The Balaban J connectivity index is 2.19. The van der Waals surface area contributed by atoms with Gasteiger partial charge in [0.2, 0.25) is 0 Å². The van der Waals surface area contributed by atoms with Crippen LogP contribution in [0.25, 0.3) is 16.8 Å². The van der Waals surface area contributed by atoms with Crippen molar-refractivity contribution < 1.29 is 4.74 Å². The van der Waals surface area contributed by atoms with Crippen molar-refractivity contribution in [3.63, 3.8) is 0 Å². The van der Waals surface area contributed by atoms with E-state index in [2.05, 4.69) is 10.1 Å². The lowest BCUT2D eigenvalue weighted by atomic mass is 10.1. The van der Waals surface area contributed by atoms with Gasteiger partial charge in [0, 0.05) is 23.5 Å². The Kier molecular flexibility index (Phi) is 2.37. The Labute approximate surface area is 104 Å². The number of hydrogen-bond donors (Lipinski definition) is 1. The number of rotatable bonds is 2. The second-order valence-corrected chi connectivity index (χ2v) is 3.91. The smallest absolute Gasteiger partial charge is 0.178 e. The molecular weight excluding hydrogens is 228 g/mol. The highest BCUT2D eigenvalue weighted by Crippen LogP contribution is 2.29. The van der Waals surface area contributed by atoms with Crippen molar-refractivity contribution >= 4 is 11.3 Å². The number of nitrogens with zero attached hydrogens (tertiary/aromatic N) is 3. The molecule has 0 aliphatic heterocycles. The van der Waals surface area contributed by atoms with Gasteiger partial charge < -0.3 is 10.5 Å². The van der Waals surface area contributed by atoms with E-state index in [0.29, 0.717) is 11.3 Å². The molecule has 0 aliphatic carbocycles. The number of nitrogen functional groups attached to an aromatic ring is 1. The first-order chi connectivity index (χ1) is 8.79. The topological polar surface area (TPSA) is 65.4 Å². The highest BCUT2D eigenvalue weighted by molar-refractivity contribution is 5.71. The van der Waals surface area contributed by atoms with Gasteiger partial charge in [-0.15, -0.1) is 0 Å². The molecule has 1 aromatic carbocycles. The first-order valence-corrected chi connectivity index (χ1v) is 5.52. The van der Waals surface area contributed by atoms with Crippen LogP contribution in [0.2, 0.25) is 0 Å². The molecule has 0 spiro atoms. The van der Waals surface area contributed by atoms with E-state index < -0.39 is 0 Å². The molecule has 3 aromatic rings. The molecule has 5 heteroatoms. The molecule has 0 fully saturated rings. The van der Waals surface area contributed by atoms with Gasteiger partial charge in [-0.05, 0) is 6.07 Å². The summed E-state index contributed by atoms with van der Waals surface area (Å²) in [5, 5.41) is 4.15. The van der Waals surface area contributed by atoms with Crippen molar-refractivity contribution in [1.29, 1.82) is 0 Å². The van der Waals surface area contributed by atoms with Gasteiger partial charge in [0.05, 0.1) is 19.0 Å². The van der Waals surface area contributed by atoms with Gasteiger partial charge in [-0.25, -0.2) is 9.50 Å². The Hall–Kier alpha value is -2.56. The lowest BCUT2D eigenvalue weighted by Gasteiger charge is -2.07. The summed E-state index contributed by atoms with van der Waals surface area (Å²) in [6.07, 6.45) is 5.25. The van der Waals surface area contributed by atoms with Crippen LogP contribution >= 0.6 is 0 Å². The van der Waals surface area contributed by atoms with Crippen LogP contribution < -0.4 is 10.5 Å². The molecule has 18 heavy (non-hydrogen) atoms. The van der Waals surface area contributed by atoms with Crippen molar-refractivity contribution in [3.05, 3.63) is 42.9 Å². The Morgan fingerprint density at radius 1 is 1.22 bits per heavy atom. The molecule has 0 unspecified atom stereocenters. The number of aromatic nitrogens is 3. The molecule has 0 saturated carbocycles. The van der Waals surface area contributed by atoms with E-state index in [1.54, 1.807) is 24.0 Å². The molecule has 5 nitrogen and oxygen atoms in total. The van der Waals surface area contributed by atoms with Crippen LogP contribution in [0, 0.1) is 0 Å². The molecule has 90 valence electrons. The van der Waals surface area contributed by atoms with Gasteiger partial charge in [-0.3, -0.25) is 0 Å². The average molecular weight is 240 g/mol. The second kappa shape index (κ2) is 4.03. The molecule has 2 N–H and O–H groups in total. The first-order valence-electron chi connectivity index (χ1n) is 5.52. The standard InChI is InChI=1S/C13H12N4O/c1-18-12-5-3-2-4-10(12)9-6-15-13-11(14)7-16-17(13)8-9/h2-8H,14H2,1H3. The number of fused-ring (bicyclic) bond motifs is 1. The fourth-order valence-electron chi connectivity index (χ4n) is 1.92. The normalized spacial score (nSPS) is 10.7. The van der Waals surface area contributed by atoms with Gasteiger partial charge >= 0.3 is 0 Å². The van der Waals surface area contributed by atoms with Crippen LogP contribution in [-0.2, 0) is 0 Å². The number of nitrogens with two attached hydrogens (primary N) is 1. The van der Waals surface area contributed by atoms with E-state index in [0.717, 1.165) is 16.9 Å². The fraction of sp³-hybridized carbons (Fsp3) is 0.0769. The molecule has 0 radical (unpaired) electrons. The van der Waals surface area contributed by atoms with Gasteiger partial charge in [-0.1, -0.05) is 18.2 Å². The second-order valence-electron chi connectivity index (χ2n) is 3.91. The summed E-state index contributed by atoms with van der Waals surface area (Å²) in [7, 11) is 1.65. The highest BCUT2D eigenvalue weighted by atomic mass is 16.5. The summed E-state index contributed by atoms with van der Waals surface area (Å²) >= 11 is 0. The minimum atomic E-state index is 0.571. The molecule has 3 rings (SSSR count). The number of hydrogen-bond acceptors (Lipinski definition) is 4. The lowest BCUT2D eigenvalue weighted by molar-refractivity contribution is 0.416. The zero-order valence-corrected chi connectivity index (χ0v) is 9.87. The Bertz CT molecular complexity index is 705. The molecule has 0 saturated heterocycles. The SMILES string of the molecule is COc1ccccc1-c1cnc2c(N)cnn2c1. The van der Waals surface area contributed by atoms with E-state index in [-0.39, 0.29) is 0 Å². The van der Waals surface area contributed by atoms with Crippen molar-refractivity contribution in [2.24, 2.45) is 0 Å². The number of methoxy groups -OCH3 is 1. The van der Waals surface area contributed by atoms with Crippen LogP contribution in [0.3, 0.4) is 0 Å². The summed E-state index contributed by atoms with van der Waals surface area (Å²) in [4.78, 5) is 4.31. The number of benzene rings is 1. The first kappa shape index (κ1) is 10.6. The molecule has 2 aromatic heterocycles. The fourth-order valence-corrected chi connectivity index (χ4v) is 1.92. The largest absolute Gasteiger partial charge is 0.496 e. The third kappa shape index (κ3) is 1.57.